The standard InChI is InChI=1S/C25H38N2OS/c1-4-5-6-7-8-9-10-11-12-13-14-15-16-17-18-19-20-21-24(28)27-25-26-22(2)23(3)29-25/h8-9,11-12,14-15,17-18H,4-7,10,13,16,19-21H2,1-3H3,(H,26,27,28). The Kier molecular flexibility index (Phi) is 14.7. The second kappa shape index (κ2) is 17.0. The van der Waals surface area contributed by atoms with E-state index < -0.39 is 0 Å². The average molecular weight is 415 g/mol. The topological polar surface area (TPSA) is 42.0 Å². The minimum atomic E-state index is 0.0506. The van der Waals surface area contributed by atoms with Gasteiger partial charge in [-0.05, 0) is 58.8 Å². The third-order valence-electron chi connectivity index (χ3n) is 4.51. The molecule has 4 heteroatoms. The van der Waals surface area contributed by atoms with Crippen molar-refractivity contribution in [2.45, 2.75) is 85.0 Å². The number of unbranched alkanes of at least 4 members (excludes halogenated alkanes) is 4. The number of nitrogens with zero attached hydrogens (tertiary/aromatic N) is 1. The van der Waals surface area contributed by atoms with E-state index in [4.69, 9.17) is 0 Å². The van der Waals surface area contributed by atoms with Crippen LogP contribution in [-0.2, 0) is 4.79 Å². The summed E-state index contributed by atoms with van der Waals surface area (Å²) in [5, 5.41) is 3.59. The SMILES string of the molecule is CCCCCC=CCC=CCC=CCC=CCCCC(=O)Nc1nc(C)c(C)s1. The lowest BCUT2D eigenvalue weighted by Gasteiger charge is -1.99. The maximum Gasteiger partial charge on any atom is 0.226 e. The second-order valence-electron chi connectivity index (χ2n) is 7.19. The molecule has 0 radical (unpaired) electrons. The van der Waals surface area contributed by atoms with Gasteiger partial charge in [-0.25, -0.2) is 4.98 Å². The van der Waals surface area contributed by atoms with E-state index in [2.05, 4.69) is 65.8 Å². The van der Waals surface area contributed by atoms with Crippen molar-refractivity contribution in [3.8, 4) is 0 Å². The molecule has 1 N–H and O–H groups in total. The Morgan fingerprint density at radius 1 is 0.862 bits per heavy atom. The van der Waals surface area contributed by atoms with Gasteiger partial charge < -0.3 is 5.32 Å². The Morgan fingerprint density at radius 2 is 1.41 bits per heavy atom. The maximum absolute atomic E-state index is 11.9. The quantitative estimate of drug-likeness (QED) is 0.234. The van der Waals surface area contributed by atoms with Crippen molar-refractivity contribution >= 4 is 22.4 Å². The zero-order chi connectivity index (χ0) is 21.2. The van der Waals surface area contributed by atoms with E-state index in [1.807, 2.05) is 13.8 Å². The summed E-state index contributed by atoms with van der Waals surface area (Å²) in [5.74, 6) is 0.0506. The third-order valence-corrected chi connectivity index (χ3v) is 5.50. The highest BCUT2D eigenvalue weighted by Gasteiger charge is 2.07. The van der Waals surface area contributed by atoms with Crippen LogP contribution in [0.25, 0.3) is 0 Å². The van der Waals surface area contributed by atoms with Crippen LogP contribution in [0.1, 0.15) is 81.7 Å². The monoisotopic (exact) mass is 414 g/mol. The molecule has 0 aliphatic carbocycles. The van der Waals surface area contributed by atoms with Crippen LogP contribution < -0.4 is 5.32 Å². The number of aromatic nitrogens is 1. The van der Waals surface area contributed by atoms with Gasteiger partial charge in [0.1, 0.15) is 0 Å². The number of nitrogens with one attached hydrogen (secondary N) is 1. The van der Waals surface area contributed by atoms with E-state index >= 15 is 0 Å². The Labute approximate surface area is 181 Å². The first kappa shape index (κ1) is 25.1. The van der Waals surface area contributed by atoms with Gasteiger partial charge in [0.25, 0.3) is 0 Å². The molecule has 160 valence electrons. The molecule has 0 aliphatic rings. The van der Waals surface area contributed by atoms with Crippen molar-refractivity contribution in [3.05, 3.63) is 59.2 Å². The van der Waals surface area contributed by atoms with Crippen molar-refractivity contribution in [1.82, 2.24) is 4.98 Å². The molecule has 0 spiro atoms. The van der Waals surface area contributed by atoms with Crippen LogP contribution in [0.2, 0.25) is 0 Å². The number of thiazole rings is 1. The van der Waals surface area contributed by atoms with Crippen LogP contribution in [0.3, 0.4) is 0 Å². The van der Waals surface area contributed by atoms with Gasteiger partial charge in [0.05, 0.1) is 5.69 Å². The Balaban J connectivity index is 1.99. The van der Waals surface area contributed by atoms with Crippen LogP contribution in [0.5, 0.6) is 0 Å². The zero-order valence-electron chi connectivity index (χ0n) is 18.5. The molecule has 1 aromatic heterocycles. The number of carbonyl (C=O) groups is 1. The first-order valence-corrected chi connectivity index (χ1v) is 11.8. The van der Waals surface area contributed by atoms with E-state index in [0.717, 1.165) is 42.7 Å². The minimum Gasteiger partial charge on any atom is -0.302 e. The minimum absolute atomic E-state index is 0.0506. The molecule has 1 aromatic rings. The summed E-state index contributed by atoms with van der Waals surface area (Å²) in [5.41, 5.74) is 0.992. The number of carbonyl (C=O) groups excluding carboxylic acids is 1. The van der Waals surface area contributed by atoms with Crippen LogP contribution in [0, 0.1) is 13.8 Å². The molecule has 0 unspecified atom stereocenters. The third kappa shape index (κ3) is 13.8. The van der Waals surface area contributed by atoms with Crippen LogP contribution in [0.4, 0.5) is 5.13 Å². The van der Waals surface area contributed by atoms with Gasteiger partial charge in [-0.2, -0.15) is 0 Å². The molecule has 0 fully saturated rings. The fourth-order valence-electron chi connectivity index (χ4n) is 2.65. The lowest BCUT2D eigenvalue weighted by molar-refractivity contribution is -0.116. The maximum atomic E-state index is 11.9. The highest BCUT2D eigenvalue weighted by Crippen LogP contribution is 2.21. The number of allylic oxidation sites excluding steroid dienone is 8. The summed E-state index contributed by atoms with van der Waals surface area (Å²) in [4.78, 5) is 17.4. The van der Waals surface area contributed by atoms with Crippen molar-refractivity contribution in [3.63, 3.8) is 0 Å². The lowest BCUT2D eigenvalue weighted by Crippen LogP contribution is -2.10. The molecule has 0 saturated carbocycles. The van der Waals surface area contributed by atoms with E-state index in [-0.39, 0.29) is 5.91 Å². The van der Waals surface area contributed by atoms with Crippen molar-refractivity contribution in [1.29, 1.82) is 0 Å². The molecular weight excluding hydrogens is 376 g/mol. The van der Waals surface area contributed by atoms with Crippen LogP contribution >= 0.6 is 11.3 Å². The molecule has 1 amide bonds. The van der Waals surface area contributed by atoms with Crippen molar-refractivity contribution < 1.29 is 4.79 Å². The largest absolute Gasteiger partial charge is 0.302 e. The van der Waals surface area contributed by atoms with Crippen LogP contribution in [-0.4, -0.2) is 10.9 Å². The van der Waals surface area contributed by atoms with Gasteiger partial charge in [0.2, 0.25) is 5.91 Å². The van der Waals surface area contributed by atoms with Gasteiger partial charge in [-0.1, -0.05) is 68.4 Å². The number of anilines is 1. The lowest BCUT2D eigenvalue weighted by atomic mass is 10.2. The molecular formula is C25H38N2OS. The second-order valence-corrected chi connectivity index (χ2v) is 8.39. The van der Waals surface area contributed by atoms with Crippen LogP contribution in [0.15, 0.2) is 48.6 Å². The van der Waals surface area contributed by atoms with Gasteiger partial charge in [0.15, 0.2) is 5.13 Å². The number of hydrogen-bond donors (Lipinski definition) is 1. The average Bonchev–Trinajstić information content (AvgIpc) is 3.01. The fraction of sp³-hybridized carbons (Fsp3) is 0.520. The predicted molar refractivity (Wildman–Crippen MR) is 129 cm³/mol. The first-order valence-electron chi connectivity index (χ1n) is 11.0. The molecule has 1 rings (SSSR count). The molecule has 29 heavy (non-hydrogen) atoms. The van der Waals surface area contributed by atoms with Gasteiger partial charge >= 0.3 is 0 Å². The summed E-state index contributed by atoms with van der Waals surface area (Å²) in [7, 11) is 0. The van der Waals surface area contributed by atoms with E-state index in [1.165, 1.54) is 37.0 Å². The molecule has 0 aliphatic heterocycles. The summed E-state index contributed by atoms with van der Waals surface area (Å²) < 4.78 is 0. The highest BCUT2D eigenvalue weighted by atomic mass is 32.1. The Morgan fingerprint density at radius 3 is 1.93 bits per heavy atom. The molecule has 0 aromatic carbocycles. The van der Waals surface area contributed by atoms with Gasteiger partial charge in [0, 0.05) is 11.3 Å². The van der Waals surface area contributed by atoms with Crippen molar-refractivity contribution in [2.24, 2.45) is 0 Å². The summed E-state index contributed by atoms with van der Waals surface area (Å²) in [6, 6.07) is 0. The number of amides is 1. The summed E-state index contributed by atoms with van der Waals surface area (Å²) in [6.45, 7) is 6.22. The van der Waals surface area contributed by atoms with Crippen molar-refractivity contribution in [2.75, 3.05) is 5.32 Å². The van der Waals surface area contributed by atoms with E-state index in [0.29, 0.717) is 11.6 Å². The molecule has 0 atom stereocenters. The van der Waals surface area contributed by atoms with Gasteiger partial charge in [-0.3, -0.25) is 4.79 Å². The molecule has 3 nitrogen and oxygen atoms in total. The normalized spacial score (nSPS) is 12.2. The highest BCUT2D eigenvalue weighted by molar-refractivity contribution is 7.15. The Hall–Kier alpha value is -1.94. The van der Waals surface area contributed by atoms with Gasteiger partial charge in [-0.15, -0.1) is 11.3 Å². The Bertz CT molecular complexity index is 663. The summed E-state index contributed by atoms with van der Waals surface area (Å²) >= 11 is 1.54. The number of rotatable bonds is 15. The number of hydrogen-bond acceptors (Lipinski definition) is 3. The summed E-state index contributed by atoms with van der Waals surface area (Å²) in [6.07, 6.45) is 28.2. The number of aryl methyl sites for hydroxylation is 2. The molecule has 0 bridgehead atoms. The molecule has 1 heterocycles. The molecule has 0 saturated heterocycles. The van der Waals surface area contributed by atoms with E-state index in [1.54, 1.807) is 0 Å². The zero-order valence-corrected chi connectivity index (χ0v) is 19.3. The predicted octanol–water partition coefficient (Wildman–Crippen LogP) is 7.84. The fourth-order valence-corrected chi connectivity index (χ4v) is 3.48. The smallest absolute Gasteiger partial charge is 0.226 e. The van der Waals surface area contributed by atoms with E-state index in [9.17, 15) is 4.79 Å². The first-order chi connectivity index (χ1) is 14.1.